The van der Waals surface area contributed by atoms with Gasteiger partial charge in [0, 0.05) is 0 Å². The SMILES string of the molecule is NOC(=O)C(CC(=O)O)S(=O)(=O)O.[H-].[H-].[Na+].[Na+]. The molecule has 0 aliphatic rings. The molecule has 0 aliphatic carbocycles. The van der Waals surface area contributed by atoms with E-state index in [9.17, 15) is 18.0 Å². The van der Waals surface area contributed by atoms with Crippen LogP contribution in [-0.4, -0.2) is 35.3 Å². The van der Waals surface area contributed by atoms with Crippen LogP contribution >= 0.6 is 0 Å². The summed E-state index contributed by atoms with van der Waals surface area (Å²) in [5.41, 5.74) is 0. The molecule has 0 radical (unpaired) electrons. The molecule has 0 amide bonds. The van der Waals surface area contributed by atoms with Crippen LogP contribution < -0.4 is 65.0 Å². The number of rotatable bonds is 4. The van der Waals surface area contributed by atoms with Crippen LogP contribution in [-0.2, 0) is 24.5 Å². The van der Waals surface area contributed by atoms with Crippen molar-refractivity contribution in [3.8, 4) is 0 Å². The number of hydrogen-bond acceptors (Lipinski definition) is 6. The summed E-state index contributed by atoms with van der Waals surface area (Å²) in [7, 11) is -4.81. The number of carbonyl (C=O) groups is 2. The molecule has 0 spiro atoms. The molecule has 0 saturated carbocycles. The van der Waals surface area contributed by atoms with E-state index >= 15 is 0 Å². The fourth-order valence-electron chi connectivity index (χ4n) is 0.545. The molecule has 15 heavy (non-hydrogen) atoms. The Morgan fingerprint density at radius 3 is 2.00 bits per heavy atom. The molecule has 8 nitrogen and oxygen atoms in total. The van der Waals surface area contributed by atoms with Crippen LogP contribution in [0.25, 0.3) is 0 Å². The largest absolute Gasteiger partial charge is 1.00 e. The normalized spacial score (nSPS) is 11.6. The first kappa shape index (κ1) is 21.1. The Labute approximate surface area is 133 Å². The number of carbonyl (C=O) groups excluding carboxylic acids is 1. The van der Waals surface area contributed by atoms with Crippen LogP contribution in [0.1, 0.15) is 9.27 Å². The number of carboxylic acid groups (broad SMARTS) is 1. The molecule has 0 saturated heterocycles. The van der Waals surface area contributed by atoms with E-state index in [0.29, 0.717) is 0 Å². The molecule has 0 bridgehead atoms. The minimum Gasteiger partial charge on any atom is -1.00 e. The average Bonchev–Trinajstić information content (AvgIpc) is 1.96. The van der Waals surface area contributed by atoms with Gasteiger partial charge < -0.3 is 12.8 Å². The van der Waals surface area contributed by atoms with Gasteiger partial charge in [-0.2, -0.15) is 14.3 Å². The summed E-state index contributed by atoms with van der Waals surface area (Å²) >= 11 is 0. The van der Waals surface area contributed by atoms with Crippen LogP contribution in [0.4, 0.5) is 0 Å². The van der Waals surface area contributed by atoms with E-state index in [1.54, 1.807) is 0 Å². The van der Waals surface area contributed by atoms with Crippen molar-refractivity contribution in [1.82, 2.24) is 0 Å². The molecule has 0 fully saturated rings. The minimum absolute atomic E-state index is 0. The van der Waals surface area contributed by atoms with Gasteiger partial charge in [0.15, 0.2) is 5.25 Å². The maximum atomic E-state index is 10.5. The summed E-state index contributed by atoms with van der Waals surface area (Å²) in [6.45, 7) is 0. The summed E-state index contributed by atoms with van der Waals surface area (Å²) in [6, 6.07) is 0. The quantitative estimate of drug-likeness (QED) is 0.257. The monoisotopic (exact) mass is 261 g/mol. The van der Waals surface area contributed by atoms with Crippen molar-refractivity contribution in [2.75, 3.05) is 0 Å². The molecule has 80 valence electrons. The van der Waals surface area contributed by atoms with Crippen molar-refractivity contribution in [3.63, 3.8) is 0 Å². The summed E-state index contributed by atoms with van der Waals surface area (Å²) < 4.78 is 29.2. The van der Waals surface area contributed by atoms with Crippen LogP contribution in [0, 0.1) is 0 Å². The van der Waals surface area contributed by atoms with Crippen molar-refractivity contribution >= 4 is 22.1 Å². The molecule has 0 aliphatic heterocycles. The van der Waals surface area contributed by atoms with Gasteiger partial charge in [-0.05, 0) is 0 Å². The Bertz CT molecular complexity index is 324. The maximum Gasteiger partial charge on any atom is 1.00 e. The van der Waals surface area contributed by atoms with E-state index in [-0.39, 0.29) is 62.0 Å². The van der Waals surface area contributed by atoms with Gasteiger partial charge in [0.25, 0.3) is 10.1 Å². The Morgan fingerprint density at radius 1 is 1.40 bits per heavy atom. The van der Waals surface area contributed by atoms with Gasteiger partial charge >= 0.3 is 71.1 Å². The molecule has 11 heteroatoms. The first-order chi connectivity index (χ1) is 5.79. The first-order valence-corrected chi connectivity index (χ1v) is 4.38. The number of aliphatic carboxylic acids is 1. The standard InChI is InChI=1S/C4H7NO7S.2Na.2H/c5-12-4(8)2(1-3(6)7)13(9,10)11;;;;/h2H,1,5H2,(H,6,7)(H,9,10,11);;;;/q;2*+1;2*-1. The molecule has 4 N–H and O–H groups in total. The van der Waals surface area contributed by atoms with Crippen molar-refractivity contribution in [2.45, 2.75) is 11.7 Å². The van der Waals surface area contributed by atoms with Gasteiger partial charge in [0.2, 0.25) is 0 Å². The van der Waals surface area contributed by atoms with Crippen molar-refractivity contribution in [3.05, 3.63) is 0 Å². The smallest absolute Gasteiger partial charge is 1.00 e. The third-order valence-corrected chi connectivity index (χ3v) is 2.18. The summed E-state index contributed by atoms with van der Waals surface area (Å²) in [5, 5.41) is 5.98. The molecule has 0 rings (SSSR count). The molecule has 1 unspecified atom stereocenters. The molecule has 0 aromatic rings. The summed E-state index contributed by atoms with van der Waals surface area (Å²) in [5.74, 6) is 1.23. The molecule has 0 aromatic heterocycles. The van der Waals surface area contributed by atoms with Gasteiger partial charge in [0.1, 0.15) is 0 Å². The van der Waals surface area contributed by atoms with Crippen molar-refractivity contribution in [1.29, 1.82) is 0 Å². The Hall–Kier alpha value is 0.810. The molecule has 0 heterocycles. The zero-order chi connectivity index (χ0) is 10.6. The van der Waals surface area contributed by atoms with Crippen LogP contribution in [0.5, 0.6) is 0 Å². The number of carboxylic acids is 1. The zero-order valence-electron chi connectivity index (χ0n) is 10.2. The van der Waals surface area contributed by atoms with E-state index in [2.05, 4.69) is 10.7 Å². The van der Waals surface area contributed by atoms with Crippen LogP contribution in [0.3, 0.4) is 0 Å². The summed E-state index contributed by atoms with van der Waals surface area (Å²) in [4.78, 5) is 24.1. The second-order valence-corrected chi connectivity index (χ2v) is 3.64. The third kappa shape index (κ3) is 8.60. The van der Waals surface area contributed by atoms with Gasteiger partial charge in [-0.25, -0.2) is 4.79 Å². The minimum atomic E-state index is -4.81. The fourth-order valence-corrected chi connectivity index (χ4v) is 1.20. The van der Waals surface area contributed by atoms with Gasteiger partial charge in [-0.15, -0.1) is 0 Å². The predicted molar refractivity (Wildman–Crippen MR) is 40.1 cm³/mol. The summed E-state index contributed by atoms with van der Waals surface area (Å²) in [6.07, 6.45) is -1.10. The molecule has 1 atom stereocenters. The first-order valence-electron chi connectivity index (χ1n) is 2.87. The molecular weight excluding hydrogens is 252 g/mol. The van der Waals surface area contributed by atoms with E-state index in [0.717, 1.165) is 0 Å². The Morgan fingerprint density at radius 2 is 1.80 bits per heavy atom. The predicted octanol–water partition coefficient (Wildman–Crippen LogP) is -7.63. The second-order valence-electron chi connectivity index (χ2n) is 2.04. The van der Waals surface area contributed by atoms with E-state index in [1.807, 2.05) is 0 Å². The zero-order valence-corrected chi connectivity index (χ0v) is 13.0. The van der Waals surface area contributed by atoms with Gasteiger partial charge in [0.05, 0.1) is 6.42 Å². The van der Waals surface area contributed by atoms with Gasteiger partial charge in [-0.1, -0.05) is 0 Å². The van der Waals surface area contributed by atoms with Crippen LogP contribution in [0.15, 0.2) is 0 Å². The maximum absolute atomic E-state index is 10.5. The van der Waals surface area contributed by atoms with Gasteiger partial charge in [-0.3, -0.25) is 9.35 Å². The number of hydrogen-bond donors (Lipinski definition) is 3. The van der Waals surface area contributed by atoms with E-state index in [4.69, 9.17) is 9.66 Å². The van der Waals surface area contributed by atoms with E-state index < -0.39 is 33.7 Å². The Balaban J connectivity index is -0.000000120. The number of nitrogens with two attached hydrogens (primary N) is 1. The third-order valence-electron chi connectivity index (χ3n) is 1.10. The second kappa shape index (κ2) is 8.90. The average molecular weight is 261 g/mol. The van der Waals surface area contributed by atoms with Crippen molar-refractivity contribution < 1.29 is 94.5 Å². The van der Waals surface area contributed by atoms with Crippen LogP contribution in [0.2, 0.25) is 0 Å². The van der Waals surface area contributed by atoms with E-state index in [1.165, 1.54) is 0 Å². The molecular formula is C4H9NNa2O7S. The topological polar surface area (TPSA) is 144 Å². The molecule has 0 aromatic carbocycles. The Kier molecular flexibility index (Phi) is 12.5. The fraction of sp³-hybridized carbons (Fsp3) is 0.500. The van der Waals surface area contributed by atoms with Crippen molar-refractivity contribution in [2.24, 2.45) is 5.90 Å².